The molecule has 4 aromatic rings. The minimum atomic E-state index is -5.08. The largest absolute Gasteiger partial charge is 0.490 e. The molecule has 0 bridgehead atoms. The third kappa shape index (κ3) is 14.3. The van der Waals surface area contributed by atoms with Gasteiger partial charge in [0, 0.05) is 51.8 Å². The van der Waals surface area contributed by atoms with E-state index < -0.39 is 24.3 Å². The fourth-order valence-electron chi connectivity index (χ4n) is 4.44. The highest BCUT2D eigenvalue weighted by Gasteiger charge is 2.39. The molecule has 304 valence electrons. The van der Waals surface area contributed by atoms with Gasteiger partial charge in [0.2, 0.25) is 0 Å². The summed E-state index contributed by atoms with van der Waals surface area (Å²) in [4.78, 5) is 63.0. The molecule has 0 saturated carbocycles. The lowest BCUT2D eigenvalue weighted by Crippen LogP contribution is -2.28. The molecular weight excluding hydrogens is 760 g/mol. The molecule has 4 rings (SSSR count). The number of aryl methyl sites for hydroxylation is 3. The van der Waals surface area contributed by atoms with E-state index >= 15 is 0 Å². The van der Waals surface area contributed by atoms with Crippen molar-refractivity contribution in [1.82, 2.24) is 23.9 Å². The first kappa shape index (κ1) is 45.6. The van der Waals surface area contributed by atoms with Crippen LogP contribution in [0.25, 0.3) is 0 Å². The summed E-state index contributed by atoms with van der Waals surface area (Å²) in [5, 5.41) is 22.8. The zero-order chi connectivity index (χ0) is 42.5. The molecule has 0 aliphatic carbocycles. The molecule has 0 unspecified atom stereocenters. The van der Waals surface area contributed by atoms with Gasteiger partial charge in [-0.05, 0) is 45.3 Å². The summed E-state index contributed by atoms with van der Waals surface area (Å²) in [6.45, 7) is 1.43. The second-order valence-corrected chi connectivity index (χ2v) is 11.9. The van der Waals surface area contributed by atoms with Gasteiger partial charge < -0.3 is 50.5 Å². The van der Waals surface area contributed by atoms with E-state index in [0.717, 1.165) is 18.5 Å². The number of amidine groups is 1. The molecule has 3 amide bonds. The summed E-state index contributed by atoms with van der Waals surface area (Å²) < 4.78 is 68.4. The van der Waals surface area contributed by atoms with E-state index in [1.54, 1.807) is 71.6 Å². The van der Waals surface area contributed by atoms with Gasteiger partial charge in [-0.15, -0.1) is 0 Å². The Bertz CT molecular complexity index is 2010. The van der Waals surface area contributed by atoms with Crippen LogP contribution in [0.4, 0.5) is 43.4 Å². The van der Waals surface area contributed by atoms with Crippen LogP contribution in [0.1, 0.15) is 43.4 Å². The molecule has 3 heterocycles. The number of carboxylic acid groups (broad SMARTS) is 2. The van der Waals surface area contributed by atoms with Crippen molar-refractivity contribution >= 4 is 52.6 Å². The molecule has 0 aliphatic heterocycles. The fourth-order valence-corrected chi connectivity index (χ4v) is 4.44. The number of nitrogens with one attached hydrogen (secondary N) is 3. The Morgan fingerprint density at radius 1 is 0.714 bits per heavy atom. The lowest BCUT2D eigenvalue weighted by molar-refractivity contribution is -0.193. The third-order valence-corrected chi connectivity index (χ3v) is 7.09. The Hall–Kier alpha value is -6.58. The van der Waals surface area contributed by atoms with Crippen molar-refractivity contribution in [2.24, 2.45) is 31.9 Å². The molecule has 0 atom stereocenters. The molecule has 16 nitrogen and oxygen atoms in total. The number of carbonyl (C=O) groups is 5. The highest BCUT2D eigenvalue weighted by atomic mass is 19.4. The number of halogens is 6. The molecule has 56 heavy (non-hydrogen) atoms. The predicted octanol–water partition coefficient (Wildman–Crippen LogP) is 4.19. The van der Waals surface area contributed by atoms with Gasteiger partial charge in [0.15, 0.2) is 0 Å². The second-order valence-electron chi connectivity index (χ2n) is 11.9. The molecule has 0 aliphatic rings. The maximum atomic E-state index is 13.1. The first-order valence-electron chi connectivity index (χ1n) is 15.9. The number of amides is 3. The summed E-state index contributed by atoms with van der Waals surface area (Å²) in [7, 11) is 9.17. The predicted molar refractivity (Wildman–Crippen MR) is 192 cm³/mol. The van der Waals surface area contributed by atoms with Gasteiger partial charge in [-0.1, -0.05) is 30.3 Å². The number of aromatic nitrogens is 3. The Morgan fingerprint density at radius 2 is 1.12 bits per heavy atom. The molecular formula is C34H39F6N9O7. The molecule has 0 spiro atoms. The number of nitrogens with two attached hydrogens (primary N) is 1. The molecule has 0 saturated heterocycles. The van der Waals surface area contributed by atoms with Gasteiger partial charge >= 0.3 is 24.3 Å². The van der Waals surface area contributed by atoms with Crippen molar-refractivity contribution in [2.75, 3.05) is 37.8 Å². The number of benzene rings is 1. The van der Waals surface area contributed by atoms with Crippen molar-refractivity contribution < 1.29 is 60.5 Å². The topological polar surface area (TPSA) is 218 Å². The van der Waals surface area contributed by atoms with Gasteiger partial charge in [0.1, 0.15) is 22.9 Å². The summed E-state index contributed by atoms with van der Waals surface area (Å²) in [6, 6.07) is 14.2. The van der Waals surface area contributed by atoms with Crippen LogP contribution in [0.2, 0.25) is 0 Å². The Balaban J connectivity index is 0.000000657. The van der Waals surface area contributed by atoms with Crippen molar-refractivity contribution in [3.63, 3.8) is 0 Å². The molecule has 7 N–H and O–H groups in total. The maximum Gasteiger partial charge on any atom is 0.490 e. The molecule has 0 radical (unpaired) electrons. The summed E-state index contributed by atoms with van der Waals surface area (Å²) in [6.07, 6.45) is -4.29. The monoisotopic (exact) mass is 799 g/mol. The van der Waals surface area contributed by atoms with E-state index in [1.807, 2.05) is 44.4 Å². The van der Waals surface area contributed by atoms with Gasteiger partial charge in [0.25, 0.3) is 17.7 Å². The number of aliphatic carboxylic acids is 2. The van der Waals surface area contributed by atoms with Crippen molar-refractivity contribution in [3.05, 3.63) is 89.8 Å². The van der Waals surface area contributed by atoms with E-state index in [9.17, 15) is 40.7 Å². The number of hydrogen-bond acceptors (Lipinski definition) is 7. The van der Waals surface area contributed by atoms with Crippen LogP contribution in [-0.4, -0.2) is 104 Å². The number of alkyl halides is 6. The van der Waals surface area contributed by atoms with E-state index in [2.05, 4.69) is 25.8 Å². The van der Waals surface area contributed by atoms with Crippen LogP contribution in [0.3, 0.4) is 0 Å². The Labute approximate surface area is 315 Å². The number of carboxylic acids is 2. The van der Waals surface area contributed by atoms with Gasteiger partial charge in [0.05, 0.1) is 17.1 Å². The number of hydrogen-bond donors (Lipinski definition) is 6. The Morgan fingerprint density at radius 3 is 1.55 bits per heavy atom. The Kier molecular flexibility index (Phi) is 16.0. The van der Waals surface area contributed by atoms with E-state index in [0.29, 0.717) is 46.5 Å². The average molecular weight is 800 g/mol. The number of rotatable bonds is 11. The second kappa shape index (κ2) is 19.7. The smallest absolute Gasteiger partial charge is 0.475 e. The van der Waals surface area contributed by atoms with Crippen molar-refractivity contribution in [3.8, 4) is 0 Å². The van der Waals surface area contributed by atoms with E-state index in [-0.39, 0.29) is 17.7 Å². The highest BCUT2D eigenvalue weighted by molar-refractivity contribution is 6.07. The van der Waals surface area contributed by atoms with Gasteiger partial charge in [-0.2, -0.15) is 26.3 Å². The summed E-state index contributed by atoms with van der Waals surface area (Å²) >= 11 is 0. The lowest BCUT2D eigenvalue weighted by atomic mass is 10.2. The van der Waals surface area contributed by atoms with E-state index in [1.165, 1.54) is 0 Å². The molecule has 0 fully saturated rings. The average Bonchev–Trinajstić information content (AvgIpc) is 3.77. The zero-order valence-corrected chi connectivity index (χ0v) is 30.5. The molecule has 1 aromatic carbocycles. The first-order valence-corrected chi connectivity index (χ1v) is 15.9. The minimum Gasteiger partial charge on any atom is -0.475 e. The number of aliphatic imine (C=N–C) groups is 1. The van der Waals surface area contributed by atoms with Crippen molar-refractivity contribution in [1.29, 1.82) is 0 Å². The first-order chi connectivity index (χ1) is 25.9. The van der Waals surface area contributed by atoms with Crippen LogP contribution >= 0.6 is 0 Å². The summed E-state index contributed by atoms with van der Waals surface area (Å²) in [5.74, 6) is -6.12. The SMILES string of the molecule is CN(C)CCCNC(=O)c1cc(NC(=O)c2cc(NC(=O)c3cc(N=C(N)c4ccccc4)cn3C)cn2C)cn1C.O=C(O)C(F)(F)F.O=C(O)C(F)(F)F. The summed E-state index contributed by atoms with van der Waals surface area (Å²) in [5.41, 5.74) is 9.53. The van der Waals surface area contributed by atoms with Crippen molar-refractivity contribution in [2.45, 2.75) is 18.8 Å². The van der Waals surface area contributed by atoms with Crippen LogP contribution in [-0.2, 0) is 30.7 Å². The molecule has 22 heteroatoms. The maximum absolute atomic E-state index is 13.1. The standard InChI is InChI=1S/C30H37N9O3.2C2HF3O2/c1-36(2)13-9-12-32-28(40)24-15-22(18-37(24)3)34-30(42)26-16-23(19-39(26)5)35-29(41)25-14-21(17-38(25)4)33-27(31)20-10-7-6-8-11-20;2*3-2(4,5)1(6)7/h6-8,10-11,14-19H,9,12-13H2,1-5H3,(H2,31,33)(H,32,40)(H,34,42)(H,35,41);2*(H,6,7). The zero-order valence-electron chi connectivity index (χ0n) is 30.5. The van der Waals surface area contributed by atoms with Crippen LogP contribution in [0.5, 0.6) is 0 Å². The van der Waals surface area contributed by atoms with Crippen LogP contribution in [0.15, 0.2) is 72.1 Å². The number of anilines is 2. The fraction of sp³-hybridized carbons (Fsp3) is 0.294. The van der Waals surface area contributed by atoms with Gasteiger partial charge in [-0.25, -0.2) is 14.6 Å². The lowest BCUT2D eigenvalue weighted by Gasteiger charge is -2.10. The third-order valence-electron chi connectivity index (χ3n) is 7.09. The number of nitrogens with zero attached hydrogens (tertiary/aromatic N) is 5. The normalized spacial score (nSPS) is 11.5. The van der Waals surface area contributed by atoms with Crippen LogP contribution in [0, 0.1) is 0 Å². The minimum absolute atomic E-state index is 0.210. The van der Waals surface area contributed by atoms with Crippen LogP contribution < -0.4 is 21.7 Å². The molecule has 3 aromatic heterocycles. The quantitative estimate of drug-likeness (QED) is 0.0554. The number of carbonyl (C=O) groups excluding carboxylic acids is 3. The van der Waals surface area contributed by atoms with Gasteiger partial charge in [-0.3, -0.25) is 14.4 Å². The van der Waals surface area contributed by atoms with E-state index in [4.69, 9.17) is 25.5 Å². The highest BCUT2D eigenvalue weighted by Crippen LogP contribution is 2.21.